The SMILES string of the molecule is CC(C)NS(=O)(=O)c1ccc(NC(=O)[C@@H](C)[NH2+][C@@H](C)c2ccccc2Cl)cc1. The second kappa shape index (κ2) is 9.52. The van der Waals surface area contributed by atoms with Gasteiger partial charge in [0.05, 0.1) is 4.90 Å². The summed E-state index contributed by atoms with van der Waals surface area (Å²) in [5, 5.41) is 5.42. The summed E-state index contributed by atoms with van der Waals surface area (Å²) in [5.74, 6) is -0.171. The molecule has 0 fully saturated rings. The third kappa shape index (κ3) is 6.04. The Morgan fingerprint density at radius 3 is 2.18 bits per heavy atom. The molecule has 2 aromatic carbocycles. The Morgan fingerprint density at radius 1 is 1.00 bits per heavy atom. The standard InChI is InChI=1S/C20H26ClN3O3S/c1-13(2)24-28(26,27)17-11-9-16(10-12-17)23-20(25)15(4)22-14(3)18-7-5-6-8-19(18)21/h5-15,22,24H,1-4H3,(H,23,25)/p+1/t14-,15+/m0/s1. The number of nitrogens with one attached hydrogen (secondary N) is 2. The highest BCUT2D eigenvalue weighted by Crippen LogP contribution is 2.20. The minimum Gasteiger partial charge on any atom is -0.330 e. The van der Waals surface area contributed by atoms with Crippen LogP contribution < -0.4 is 15.4 Å². The molecule has 4 N–H and O–H groups in total. The average molecular weight is 425 g/mol. The Morgan fingerprint density at radius 2 is 1.61 bits per heavy atom. The molecular formula is C20H27ClN3O3S+. The Balaban J connectivity index is 1.99. The molecule has 0 aromatic heterocycles. The number of quaternary nitrogens is 1. The summed E-state index contributed by atoms with van der Waals surface area (Å²) in [6, 6.07) is 13.1. The first-order valence-electron chi connectivity index (χ1n) is 9.13. The number of nitrogens with two attached hydrogens (primary N) is 1. The number of anilines is 1. The summed E-state index contributed by atoms with van der Waals surface area (Å²) in [5.41, 5.74) is 1.51. The van der Waals surface area contributed by atoms with Gasteiger partial charge in [0.1, 0.15) is 6.04 Å². The average Bonchev–Trinajstić information content (AvgIpc) is 2.61. The Labute approximate surface area is 171 Å². The topological polar surface area (TPSA) is 91.9 Å². The predicted octanol–water partition coefficient (Wildman–Crippen LogP) is 2.68. The highest BCUT2D eigenvalue weighted by atomic mass is 35.5. The van der Waals surface area contributed by atoms with E-state index >= 15 is 0 Å². The van der Waals surface area contributed by atoms with Crippen LogP contribution in [-0.4, -0.2) is 26.4 Å². The van der Waals surface area contributed by atoms with E-state index in [0.29, 0.717) is 10.7 Å². The normalized spacial score (nSPS) is 13.9. The number of halogens is 1. The van der Waals surface area contributed by atoms with Crippen LogP contribution in [0.15, 0.2) is 53.4 Å². The van der Waals surface area contributed by atoms with Crippen LogP contribution in [0.25, 0.3) is 0 Å². The number of amides is 1. The van der Waals surface area contributed by atoms with Crippen molar-refractivity contribution in [3.63, 3.8) is 0 Å². The van der Waals surface area contributed by atoms with Crippen molar-refractivity contribution in [1.82, 2.24) is 4.72 Å². The summed E-state index contributed by atoms with van der Waals surface area (Å²) in [6.07, 6.45) is 0. The Hall–Kier alpha value is -1.93. The van der Waals surface area contributed by atoms with Crippen molar-refractivity contribution >= 4 is 33.2 Å². The van der Waals surface area contributed by atoms with E-state index in [-0.39, 0.29) is 28.9 Å². The molecule has 0 aliphatic carbocycles. The molecule has 0 spiro atoms. The van der Waals surface area contributed by atoms with Gasteiger partial charge in [-0.15, -0.1) is 0 Å². The number of carbonyl (C=O) groups is 1. The van der Waals surface area contributed by atoms with Gasteiger partial charge in [-0.3, -0.25) is 4.79 Å². The van der Waals surface area contributed by atoms with Gasteiger partial charge in [-0.2, -0.15) is 0 Å². The summed E-state index contributed by atoms with van der Waals surface area (Å²) >= 11 is 6.22. The molecular weight excluding hydrogens is 398 g/mol. The second-order valence-corrected chi connectivity index (χ2v) is 9.20. The summed E-state index contributed by atoms with van der Waals surface area (Å²) in [7, 11) is -3.55. The van der Waals surface area contributed by atoms with Gasteiger partial charge in [0.2, 0.25) is 10.0 Å². The molecule has 0 unspecified atom stereocenters. The van der Waals surface area contributed by atoms with Crippen molar-refractivity contribution in [3.05, 3.63) is 59.1 Å². The molecule has 6 nitrogen and oxygen atoms in total. The van der Waals surface area contributed by atoms with Crippen LogP contribution in [0.2, 0.25) is 5.02 Å². The number of benzene rings is 2. The molecule has 2 aromatic rings. The zero-order valence-corrected chi connectivity index (χ0v) is 18.0. The first kappa shape index (κ1) is 22.4. The van der Waals surface area contributed by atoms with E-state index in [2.05, 4.69) is 10.0 Å². The van der Waals surface area contributed by atoms with Crippen LogP contribution in [0.4, 0.5) is 5.69 Å². The summed E-state index contributed by atoms with van der Waals surface area (Å²) < 4.78 is 26.8. The summed E-state index contributed by atoms with van der Waals surface area (Å²) in [6.45, 7) is 7.32. The largest absolute Gasteiger partial charge is 0.330 e. The van der Waals surface area contributed by atoms with E-state index < -0.39 is 10.0 Å². The van der Waals surface area contributed by atoms with Crippen molar-refractivity contribution < 1.29 is 18.5 Å². The van der Waals surface area contributed by atoms with Gasteiger partial charge in [-0.05, 0) is 58.0 Å². The second-order valence-electron chi connectivity index (χ2n) is 7.08. The molecule has 0 saturated heterocycles. The van der Waals surface area contributed by atoms with E-state index in [1.165, 1.54) is 12.1 Å². The lowest BCUT2D eigenvalue weighted by Gasteiger charge is -2.18. The van der Waals surface area contributed by atoms with Crippen molar-refractivity contribution in [1.29, 1.82) is 0 Å². The van der Waals surface area contributed by atoms with Gasteiger partial charge in [0.25, 0.3) is 5.91 Å². The predicted molar refractivity (Wildman–Crippen MR) is 112 cm³/mol. The number of hydrogen-bond donors (Lipinski definition) is 3. The zero-order valence-electron chi connectivity index (χ0n) is 16.4. The van der Waals surface area contributed by atoms with Crippen molar-refractivity contribution in [2.45, 2.75) is 50.7 Å². The molecule has 0 aliphatic rings. The van der Waals surface area contributed by atoms with Crippen LogP contribution >= 0.6 is 11.6 Å². The van der Waals surface area contributed by atoms with Gasteiger partial charge in [-0.25, -0.2) is 13.1 Å². The molecule has 152 valence electrons. The molecule has 28 heavy (non-hydrogen) atoms. The van der Waals surface area contributed by atoms with E-state index in [4.69, 9.17) is 11.6 Å². The lowest BCUT2D eigenvalue weighted by atomic mass is 10.1. The quantitative estimate of drug-likeness (QED) is 0.608. The molecule has 2 rings (SSSR count). The monoisotopic (exact) mass is 424 g/mol. The first-order chi connectivity index (χ1) is 13.1. The first-order valence-corrected chi connectivity index (χ1v) is 11.0. The lowest BCUT2D eigenvalue weighted by Crippen LogP contribution is -2.91. The van der Waals surface area contributed by atoms with Gasteiger partial charge in [0, 0.05) is 22.3 Å². The molecule has 0 aliphatic heterocycles. The fraction of sp³-hybridized carbons (Fsp3) is 0.350. The molecule has 2 atom stereocenters. The van der Waals surface area contributed by atoms with Gasteiger partial charge >= 0.3 is 0 Å². The third-order valence-electron chi connectivity index (χ3n) is 4.21. The molecule has 0 saturated carbocycles. The van der Waals surface area contributed by atoms with Crippen LogP contribution in [-0.2, 0) is 14.8 Å². The number of hydrogen-bond acceptors (Lipinski definition) is 3. The van der Waals surface area contributed by atoms with Crippen molar-refractivity contribution in [2.75, 3.05) is 5.32 Å². The van der Waals surface area contributed by atoms with E-state index in [9.17, 15) is 13.2 Å². The zero-order chi connectivity index (χ0) is 20.9. The Bertz CT molecular complexity index is 915. The number of sulfonamides is 1. The fourth-order valence-electron chi connectivity index (χ4n) is 2.82. The van der Waals surface area contributed by atoms with Crippen LogP contribution in [0.3, 0.4) is 0 Å². The maximum Gasteiger partial charge on any atom is 0.282 e. The maximum atomic E-state index is 12.5. The van der Waals surface area contributed by atoms with Crippen molar-refractivity contribution in [2.24, 2.45) is 0 Å². The van der Waals surface area contributed by atoms with Gasteiger partial charge in [0.15, 0.2) is 6.04 Å². The maximum absolute atomic E-state index is 12.5. The third-order valence-corrected chi connectivity index (χ3v) is 6.23. The molecule has 0 heterocycles. The van der Waals surface area contributed by atoms with E-state index in [1.807, 2.05) is 43.4 Å². The highest BCUT2D eigenvalue weighted by Gasteiger charge is 2.22. The van der Waals surface area contributed by atoms with Gasteiger partial charge in [-0.1, -0.05) is 29.8 Å². The van der Waals surface area contributed by atoms with E-state index in [1.54, 1.807) is 26.0 Å². The van der Waals surface area contributed by atoms with Gasteiger partial charge < -0.3 is 10.6 Å². The minimum atomic E-state index is -3.55. The molecule has 1 amide bonds. The molecule has 8 heteroatoms. The smallest absolute Gasteiger partial charge is 0.282 e. The Kier molecular flexibility index (Phi) is 7.60. The molecule has 0 radical (unpaired) electrons. The van der Waals surface area contributed by atoms with Crippen LogP contribution in [0.5, 0.6) is 0 Å². The minimum absolute atomic E-state index is 0.0177. The van der Waals surface area contributed by atoms with Crippen LogP contribution in [0.1, 0.15) is 39.3 Å². The summed E-state index contributed by atoms with van der Waals surface area (Å²) in [4.78, 5) is 12.6. The highest BCUT2D eigenvalue weighted by molar-refractivity contribution is 7.89. The number of carbonyl (C=O) groups excluding carboxylic acids is 1. The van der Waals surface area contributed by atoms with Crippen LogP contribution in [0, 0.1) is 0 Å². The lowest BCUT2D eigenvalue weighted by molar-refractivity contribution is -0.709. The number of rotatable bonds is 8. The van der Waals surface area contributed by atoms with Crippen molar-refractivity contribution in [3.8, 4) is 0 Å². The van der Waals surface area contributed by atoms with E-state index in [0.717, 1.165) is 5.56 Å². The fourth-order valence-corrected chi connectivity index (χ4v) is 4.38. The molecule has 0 bridgehead atoms.